The summed E-state index contributed by atoms with van der Waals surface area (Å²) in [6, 6.07) is 5.84. The van der Waals surface area contributed by atoms with Gasteiger partial charge in [-0.05, 0) is 49.9 Å². The maximum absolute atomic E-state index is 5.79. The van der Waals surface area contributed by atoms with Gasteiger partial charge in [0.1, 0.15) is 11.5 Å². The van der Waals surface area contributed by atoms with Crippen LogP contribution in [0, 0.1) is 0 Å². The molecule has 1 aromatic rings. The lowest BCUT2D eigenvalue weighted by Crippen LogP contribution is -2.45. The molecule has 1 heterocycles. The molecule has 1 fully saturated rings. The largest absolute Gasteiger partial charge is 0.497 e. The third-order valence-electron chi connectivity index (χ3n) is 4.33. The van der Waals surface area contributed by atoms with E-state index in [2.05, 4.69) is 22.5 Å². The van der Waals surface area contributed by atoms with Crippen LogP contribution in [0.3, 0.4) is 0 Å². The highest BCUT2D eigenvalue weighted by Crippen LogP contribution is 2.24. The normalized spacial score (nSPS) is 19.9. The molecule has 0 saturated carbocycles. The summed E-state index contributed by atoms with van der Waals surface area (Å²) >= 11 is 0. The van der Waals surface area contributed by atoms with Gasteiger partial charge in [-0.3, -0.25) is 4.99 Å². The Balaban J connectivity index is 0.00000312. The zero-order valence-electron chi connectivity index (χ0n) is 15.6. The summed E-state index contributed by atoms with van der Waals surface area (Å²) in [6.45, 7) is 4.50. The summed E-state index contributed by atoms with van der Waals surface area (Å²) in [5, 5.41) is 6.68. The number of rotatable bonds is 7. The number of benzene rings is 1. The summed E-state index contributed by atoms with van der Waals surface area (Å²) in [5.74, 6) is 2.49. The summed E-state index contributed by atoms with van der Waals surface area (Å²) in [4.78, 5) is 4.27. The van der Waals surface area contributed by atoms with Crippen LogP contribution in [0.15, 0.2) is 23.2 Å². The number of nitrogens with zero attached hydrogens (tertiary/aromatic N) is 1. The topological polar surface area (TPSA) is 64.1 Å². The molecule has 0 aromatic heterocycles. The highest BCUT2D eigenvalue weighted by atomic mass is 127. The molecular weight excluding hydrogens is 433 g/mol. The Morgan fingerprint density at radius 1 is 1.28 bits per heavy atom. The van der Waals surface area contributed by atoms with Crippen LogP contribution in [0.4, 0.5) is 0 Å². The fraction of sp³-hybridized carbons (Fsp3) is 0.611. The smallest absolute Gasteiger partial charge is 0.191 e. The van der Waals surface area contributed by atoms with Gasteiger partial charge < -0.3 is 24.8 Å². The summed E-state index contributed by atoms with van der Waals surface area (Å²) in [6.07, 6.45) is 3.02. The maximum Gasteiger partial charge on any atom is 0.191 e. The van der Waals surface area contributed by atoms with E-state index in [1.54, 1.807) is 21.3 Å². The van der Waals surface area contributed by atoms with Gasteiger partial charge in [-0.1, -0.05) is 0 Å². The highest BCUT2D eigenvalue weighted by Gasteiger charge is 2.29. The standard InChI is InChI=1S/C18H29N3O3.HI/c1-18(9-5-11-24-18)13-21-17(19-2)20-10-8-14-12-15(22-3)6-7-16(14)23-4;/h6-7,12H,5,8-11,13H2,1-4H3,(H2,19,20,21);1H. The highest BCUT2D eigenvalue weighted by molar-refractivity contribution is 14.0. The average molecular weight is 463 g/mol. The molecule has 1 aromatic carbocycles. The zero-order chi connectivity index (χ0) is 17.4. The van der Waals surface area contributed by atoms with Crippen LogP contribution in [0.25, 0.3) is 0 Å². The molecule has 0 spiro atoms. The molecule has 1 unspecified atom stereocenters. The lowest BCUT2D eigenvalue weighted by Gasteiger charge is -2.24. The predicted octanol–water partition coefficient (Wildman–Crippen LogP) is 2.60. The molecule has 6 nitrogen and oxygen atoms in total. The molecule has 2 N–H and O–H groups in total. The number of ether oxygens (including phenoxy) is 3. The molecule has 25 heavy (non-hydrogen) atoms. The van der Waals surface area contributed by atoms with Crippen LogP contribution < -0.4 is 20.1 Å². The molecular formula is C18H30IN3O3. The molecule has 1 atom stereocenters. The second-order valence-corrected chi connectivity index (χ2v) is 6.18. The van der Waals surface area contributed by atoms with Crippen molar-refractivity contribution in [3.63, 3.8) is 0 Å². The Hall–Kier alpha value is -1.22. The Kier molecular flexibility index (Phi) is 9.34. The molecule has 1 saturated heterocycles. The summed E-state index contributed by atoms with van der Waals surface area (Å²) < 4.78 is 16.5. The average Bonchev–Trinajstić information content (AvgIpc) is 3.04. The lowest BCUT2D eigenvalue weighted by atomic mass is 10.0. The Labute approximate surface area is 167 Å². The van der Waals surface area contributed by atoms with E-state index < -0.39 is 0 Å². The van der Waals surface area contributed by atoms with E-state index in [1.807, 2.05) is 18.2 Å². The van der Waals surface area contributed by atoms with Crippen molar-refractivity contribution in [2.45, 2.75) is 31.8 Å². The van der Waals surface area contributed by atoms with E-state index in [0.29, 0.717) is 0 Å². The zero-order valence-corrected chi connectivity index (χ0v) is 17.9. The Morgan fingerprint density at radius 3 is 2.68 bits per heavy atom. The van der Waals surface area contributed by atoms with Crippen molar-refractivity contribution < 1.29 is 14.2 Å². The Bertz CT molecular complexity index is 560. The van der Waals surface area contributed by atoms with E-state index >= 15 is 0 Å². The minimum Gasteiger partial charge on any atom is -0.497 e. The van der Waals surface area contributed by atoms with E-state index in [9.17, 15) is 0 Å². The van der Waals surface area contributed by atoms with Crippen molar-refractivity contribution in [3.05, 3.63) is 23.8 Å². The molecule has 0 aliphatic carbocycles. The van der Waals surface area contributed by atoms with Crippen LogP contribution in [0.5, 0.6) is 11.5 Å². The van der Waals surface area contributed by atoms with Crippen LogP contribution >= 0.6 is 24.0 Å². The molecule has 1 aliphatic heterocycles. The second-order valence-electron chi connectivity index (χ2n) is 6.18. The summed E-state index contributed by atoms with van der Waals surface area (Å²) in [5.41, 5.74) is 1.01. The number of hydrogen-bond acceptors (Lipinski definition) is 4. The minimum absolute atomic E-state index is 0. The lowest BCUT2D eigenvalue weighted by molar-refractivity contribution is 0.0243. The van der Waals surface area contributed by atoms with Crippen molar-refractivity contribution in [1.29, 1.82) is 0 Å². The quantitative estimate of drug-likeness (QED) is 0.370. The molecule has 0 bridgehead atoms. The molecule has 7 heteroatoms. The van der Waals surface area contributed by atoms with Crippen molar-refractivity contribution in [2.24, 2.45) is 4.99 Å². The van der Waals surface area contributed by atoms with Gasteiger partial charge in [0.2, 0.25) is 0 Å². The van der Waals surface area contributed by atoms with Crippen LogP contribution in [0.1, 0.15) is 25.3 Å². The maximum atomic E-state index is 5.79. The van der Waals surface area contributed by atoms with E-state index in [4.69, 9.17) is 14.2 Å². The monoisotopic (exact) mass is 463 g/mol. The van der Waals surface area contributed by atoms with Crippen LogP contribution in [-0.2, 0) is 11.2 Å². The first-order valence-electron chi connectivity index (χ1n) is 8.39. The van der Waals surface area contributed by atoms with Gasteiger partial charge in [0.05, 0.1) is 19.8 Å². The fourth-order valence-corrected chi connectivity index (χ4v) is 2.86. The fourth-order valence-electron chi connectivity index (χ4n) is 2.86. The van der Waals surface area contributed by atoms with Crippen molar-refractivity contribution in [2.75, 3.05) is 41.0 Å². The molecule has 0 radical (unpaired) electrons. The van der Waals surface area contributed by atoms with Gasteiger partial charge in [-0.2, -0.15) is 0 Å². The molecule has 1 aliphatic rings. The SMILES string of the molecule is CN=C(NCCc1cc(OC)ccc1OC)NCC1(C)CCCO1.I. The van der Waals surface area contributed by atoms with Crippen LogP contribution in [-0.4, -0.2) is 52.5 Å². The van der Waals surface area contributed by atoms with Crippen molar-refractivity contribution in [1.82, 2.24) is 10.6 Å². The minimum atomic E-state index is -0.0896. The third-order valence-corrected chi connectivity index (χ3v) is 4.33. The second kappa shape index (κ2) is 10.7. The third kappa shape index (κ3) is 6.54. The van der Waals surface area contributed by atoms with Gasteiger partial charge in [-0.25, -0.2) is 0 Å². The molecule has 142 valence electrons. The first-order valence-corrected chi connectivity index (χ1v) is 8.39. The predicted molar refractivity (Wildman–Crippen MR) is 112 cm³/mol. The van der Waals surface area contributed by atoms with E-state index in [-0.39, 0.29) is 29.6 Å². The van der Waals surface area contributed by atoms with E-state index in [1.165, 1.54) is 0 Å². The number of nitrogens with one attached hydrogen (secondary N) is 2. The first kappa shape index (κ1) is 21.8. The van der Waals surface area contributed by atoms with Crippen LogP contribution in [0.2, 0.25) is 0 Å². The number of guanidine groups is 1. The first-order chi connectivity index (χ1) is 11.6. The van der Waals surface area contributed by atoms with Crippen molar-refractivity contribution >= 4 is 29.9 Å². The van der Waals surface area contributed by atoms with Gasteiger partial charge in [-0.15, -0.1) is 24.0 Å². The van der Waals surface area contributed by atoms with Gasteiger partial charge in [0.25, 0.3) is 0 Å². The summed E-state index contributed by atoms with van der Waals surface area (Å²) in [7, 11) is 5.13. The number of methoxy groups -OCH3 is 2. The van der Waals surface area contributed by atoms with Gasteiger partial charge in [0.15, 0.2) is 5.96 Å². The van der Waals surface area contributed by atoms with E-state index in [0.717, 1.165) is 62.0 Å². The number of hydrogen-bond donors (Lipinski definition) is 2. The number of aliphatic imine (C=N–C) groups is 1. The molecule has 2 rings (SSSR count). The van der Waals surface area contributed by atoms with Gasteiger partial charge in [0, 0.05) is 26.7 Å². The Morgan fingerprint density at radius 2 is 2.08 bits per heavy atom. The molecule has 0 amide bonds. The van der Waals surface area contributed by atoms with Gasteiger partial charge >= 0.3 is 0 Å². The number of halogens is 1. The van der Waals surface area contributed by atoms with Crippen molar-refractivity contribution in [3.8, 4) is 11.5 Å².